The van der Waals surface area contributed by atoms with E-state index < -0.39 is 0 Å². The summed E-state index contributed by atoms with van der Waals surface area (Å²) in [5, 5.41) is 0. The van der Waals surface area contributed by atoms with Crippen LogP contribution in [0.15, 0.2) is 0 Å². The Morgan fingerprint density at radius 1 is 1.05 bits per heavy atom. The third kappa shape index (κ3) is 5.14. The molecule has 0 radical (unpaired) electrons. The summed E-state index contributed by atoms with van der Waals surface area (Å²) in [4.78, 5) is 23.8. The van der Waals surface area contributed by atoms with Crippen LogP contribution in [-0.2, 0) is 19.1 Å². The van der Waals surface area contributed by atoms with Crippen molar-refractivity contribution in [2.45, 2.75) is 59.3 Å². The van der Waals surface area contributed by atoms with Gasteiger partial charge in [0.05, 0.1) is 19.1 Å². The van der Waals surface area contributed by atoms with E-state index in [0.29, 0.717) is 25.6 Å². The van der Waals surface area contributed by atoms with Crippen LogP contribution in [0.4, 0.5) is 0 Å². The van der Waals surface area contributed by atoms with Crippen molar-refractivity contribution in [2.75, 3.05) is 13.2 Å². The number of ether oxygens (including phenoxy) is 2. The van der Waals surface area contributed by atoms with E-state index in [9.17, 15) is 9.59 Å². The fourth-order valence-corrected chi connectivity index (χ4v) is 3.17. The van der Waals surface area contributed by atoms with Crippen LogP contribution in [0.3, 0.4) is 0 Å². The first-order valence-corrected chi connectivity index (χ1v) is 7.92. The predicted octanol–water partition coefficient (Wildman–Crippen LogP) is 3.34. The monoisotopic (exact) mass is 284 g/mol. The van der Waals surface area contributed by atoms with Crippen molar-refractivity contribution < 1.29 is 19.1 Å². The number of esters is 2. The summed E-state index contributed by atoms with van der Waals surface area (Å²) in [7, 11) is 0. The summed E-state index contributed by atoms with van der Waals surface area (Å²) in [6, 6.07) is 0. The van der Waals surface area contributed by atoms with Crippen molar-refractivity contribution in [3.63, 3.8) is 0 Å². The molecule has 20 heavy (non-hydrogen) atoms. The Labute approximate surface area is 122 Å². The van der Waals surface area contributed by atoms with Gasteiger partial charge in [-0.15, -0.1) is 0 Å². The molecule has 1 fully saturated rings. The van der Waals surface area contributed by atoms with E-state index in [1.807, 2.05) is 20.8 Å². The predicted molar refractivity (Wildman–Crippen MR) is 77.1 cm³/mol. The zero-order valence-electron chi connectivity index (χ0n) is 13.0. The molecule has 0 saturated heterocycles. The van der Waals surface area contributed by atoms with Gasteiger partial charge in [0.2, 0.25) is 0 Å². The van der Waals surface area contributed by atoms with Gasteiger partial charge in [-0.1, -0.05) is 39.0 Å². The van der Waals surface area contributed by atoms with Crippen LogP contribution in [0, 0.1) is 17.8 Å². The quantitative estimate of drug-likeness (QED) is 0.673. The molecule has 0 bridgehead atoms. The Kier molecular flexibility index (Phi) is 7.63. The average Bonchev–Trinajstić information content (AvgIpc) is 2.45. The topological polar surface area (TPSA) is 52.6 Å². The Hall–Kier alpha value is -1.06. The Balaban J connectivity index is 2.71. The minimum absolute atomic E-state index is 0.0494. The zero-order valence-corrected chi connectivity index (χ0v) is 13.0. The van der Waals surface area contributed by atoms with E-state index in [2.05, 4.69) is 0 Å². The third-order valence-electron chi connectivity index (χ3n) is 4.26. The Bertz CT molecular complexity index is 308. The van der Waals surface area contributed by atoms with Gasteiger partial charge >= 0.3 is 11.9 Å². The highest BCUT2D eigenvalue weighted by molar-refractivity contribution is 5.75. The smallest absolute Gasteiger partial charge is 0.308 e. The zero-order chi connectivity index (χ0) is 15.0. The Morgan fingerprint density at radius 2 is 1.65 bits per heavy atom. The molecule has 1 aliphatic carbocycles. The molecule has 0 amide bonds. The summed E-state index contributed by atoms with van der Waals surface area (Å²) < 4.78 is 10.2. The van der Waals surface area contributed by atoms with E-state index in [1.165, 1.54) is 19.3 Å². The molecule has 1 aliphatic rings. The minimum atomic E-state index is -0.234. The van der Waals surface area contributed by atoms with E-state index in [1.54, 1.807) is 0 Å². The highest BCUT2D eigenvalue weighted by Gasteiger charge is 2.34. The van der Waals surface area contributed by atoms with Crippen LogP contribution in [-0.4, -0.2) is 25.2 Å². The standard InChI is InChI=1S/C16H28O4/c1-4-19-15(17)11-14(12(3)16(18)20-5-2)13-9-7-6-8-10-13/h12-14H,4-11H2,1-3H3. The molecule has 0 N–H and O–H groups in total. The van der Waals surface area contributed by atoms with Crippen molar-refractivity contribution in [3.8, 4) is 0 Å². The van der Waals surface area contributed by atoms with Crippen LogP contribution >= 0.6 is 0 Å². The Morgan fingerprint density at radius 3 is 2.20 bits per heavy atom. The van der Waals surface area contributed by atoms with Gasteiger partial charge in [-0.05, 0) is 25.7 Å². The normalized spacial score (nSPS) is 19.1. The number of hydrogen-bond donors (Lipinski definition) is 0. The lowest BCUT2D eigenvalue weighted by Crippen LogP contribution is -2.32. The van der Waals surface area contributed by atoms with Crippen LogP contribution < -0.4 is 0 Å². The lowest BCUT2D eigenvalue weighted by molar-refractivity contribution is -0.152. The molecule has 0 aromatic carbocycles. The maximum Gasteiger partial charge on any atom is 0.308 e. The molecule has 116 valence electrons. The summed E-state index contributed by atoms with van der Waals surface area (Å²) in [6.45, 7) is 6.29. The molecular weight excluding hydrogens is 256 g/mol. The van der Waals surface area contributed by atoms with Crippen molar-refractivity contribution >= 4 is 11.9 Å². The first kappa shape index (κ1) is 17.0. The third-order valence-corrected chi connectivity index (χ3v) is 4.26. The number of hydrogen-bond acceptors (Lipinski definition) is 4. The fourth-order valence-electron chi connectivity index (χ4n) is 3.17. The second-order valence-corrected chi connectivity index (χ2v) is 5.61. The van der Waals surface area contributed by atoms with Crippen molar-refractivity contribution in [1.29, 1.82) is 0 Å². The largest absolute Gasteiger partial charge is 0.466 e. The highest BCUT2D eigenvalue weighted by atomic mass is 16.5. The van der Waals surface area contributed by atoms with Crippen LogP contribution in [0.25, 0.3) is 0 Å². The maximum atomic E-state index is 12.0. The highest BCUT2D eigenvalue weighted by Crippen LogP contribution is 2.36. The maximum absolute atomic E-state index is 12.0. The lowest BCUT2D eigenvalue weighted by atomic mass is 9.73. The number of carbonyl (C=O) groups is 2. The minimum Gasteiger partial charge on any atom is -0.466 e. The fraction of sp³-hybridized carbons (Fsp3) is 0.875. The molecule has 0 aromatic heterocycles. The van der Waals surface area contributed by atoms with Gasteiger partial charge in [-0.25, -0.2) is 0 Å². The molecular formula is C16H28O4. The van der Waals surface area contributed by atoms with Crippen LogP contribution in [0.2, 0.25) is 0 Å². The van der Waals surface area contributed by atoms with E-state index in [4.69, 9.17) is 9.47 Å². The summed E-state index contributed by atoms with van der Waals surface area (Å²) in [5.74, 6) is -0.130. The van der Waals surface area contributed by atoms with E-state index in [-0.39, 0.29) is 23.8 Å². The van der Waals surface area contributed by atoms with Gasteiger partial charge in [0.1, 0.15) is 0 Å². The molecule has 2 unspecified atom stereocenters. The van der Waals surface area contributed by atoms with Gasteiger partial charge in [0.15, 0.2) is 0 Å². The summed E-state index contributed by atoms with van der Waals surface area (Å²) >= 11 is 0. The molecule has 0 heterocycles. The molecule has 2 atom stereocenters. The molecule has 1 rings (SSSR count). The second-order valence-electron chi connectivity index (χ2n) is 5.61. The molecule has 4 heteroatoms. The average molecular weight is 284 g/mol. The van der Waals surface area contributed by atoms with Crippen molar-refractivity contribution in [3.05, 3.63) is 0 Å². The van der Waals surface area contributed by atoms with Gasteiger partial charge in [-0.3, -0.25) is 9.59 Å². The second kappa shape index (κ2) is 8.98. The lowest BCUT2D eigenvalue weighted by Gasteiger charge is -2.32. The van der Waals surface area contributed by atoms with Gasteiger partial charge in [0.25, 0.3) is 0 Å². The van der Waals surface area contributed by atoms with Crippen LogP contribution in [0.5, 0.6) is 0 Å². The first-order chi connectivity index (χ1) is 9.60. The summed E-state index contributed by atoms with van der Waals surface area (Å²) in [6.07, 6.45) is 6.19. The molecule has 0 aliphatic heterocycles. The molecule has 0 spiro atoms. The molecule has 0 aromatic rings. The van der Waals surface area contributed by atoms with Gasteiger partial charge in [0, 0.05) is 6.42 Å². The van der Waals surface area contributed by atoms with Gasteiger partial charge < -0.3 is 9.47 Å². The molecule has 1 saturated carbocycles. The van der Waals surface area contributed by atoms with E-state index in [0.717, 1.165) is 12.8 Å². The van der Waals surface area contributed by atoms with Crippen molar-refractivity contribution in [2.24, 2.45) is 17.8 Å². The first-order valence-electron chi connectivity index (χ1n) is 7.92. The van der Waals surface area contributed by atoms with Crippen LogP contribution in [0.1, 0.15) is 59.3 Å². The summed E-state index contributed by atoms with van der Waals surface area (Å²) in [5.41, 5.74) is 0. The number of carbonyl (C=O) groups excluding carboxylic acids is 2. The SMILES string of the molecule is CCOC(=O)CC(C1CCCCC1)C(C)C(=O)OCC. The molecule has 4 nitrogen and oxygen atoms in total. The number of rotatable bonds is 7. The van der Waals surface area contributed by atoms with E-state index >= 15 is 0 Å². The van der Waals surface area contributed by atoms with Crippen molar-refractivity contribution in [1.82, 2.24) is 0 Å². The van der Waals surface area contributed by atoms with Gasteiger partial charge in [-0.2, -0.15) is 0 Å².